The maximum atomic E-state index is 11.1. The van der Waals surface area contributed by atoms with Gasteiger partial charge in [-0.3, -0.25) is 10.2 Å². The first-order valence-corrected chi connectivity index (χ1v) is 3.30. The molecule has 0 fully saturated rings. The summed E-state index contributed by atoms with van der Waals surface area (Å²) >= 11 is 0. The molecule has 0 atom stereocenters. The first-order chi connectivity index (χ1) is 5.54. The fraction of sp³-hybridized carbons (Fsp3) is 0.143. The molecule has 1 rings (SSSR count). The molecule has 0 saturated carbocycles. The van der Waals surface area contributed by atoms with Crippen LogP contribution < -0.4 is 11.3 Å². The number of hydrogen-bond acceptors (Lipinski definition) is 3. The van der Waals surface area contributed by atoms with Crippen molar-refractivity contribution in [2.24, 2.45) is 5.73 Å². The molecule has 64 valence electrons. The molecule has 4 N–H and O–H groups in total. The van der Waals surface area contributed by atoms with Gasteiger partial charge in [0.1, 0.15) is 5.84 Å². The standard InChI is InChI=1S/C7H9N3O2/c1-4-2-3-5(6(8)9)7(11)10(4)12/h2-3,12H,1H3,(H3,8,9). The number of pyridine rings is 1. The number of nitrogens with zero attached hydrogens (tertiary/aromatic N) is 1. The van der Waals surface area contributed by atoms with E-state index in [1.54, 1.807) is 6.92 Å². The van der Waals surface area contributed by atoms with Gasteiger partial charge in [-0.2, -0.15) is 4.73 Å². The molecule has 0 aliphatic rings. The van der Waals surface area contributed by atoms with Crippen molar-refractivity contribution in [1.29, 1.82) is 5.41 Å². The summed E-state index contributed by atoms with van der Waals surface area (Å²) in [6.07, 6.45) is 0. The van der Waals surface area contributed by atoms with Crippen LogP contribution in [0.4, 0.5) is 0 Å². The summed E-state index contributed by atoms with van der Waals surface area (Å²) in [5.74, 6) is -0.345. The van der Waals surface area contributed by atoms with E-state index >= 15 is 0 Å². The Morgan fingerprint density at radius 3 is 2.75 bits per heavy atom. The molecule has 0 aliphatic heterocycles. The van der Waals surface area contributed by atoms with Crippen LogP contribution in [0.2, 0.25) is 0 Å². The fourth-order valence-corrected chi connectivity index (χ4v) is 0.825. The van der Waals surface area contributed by atoms with Gasteiger partial charge in [0.05, 0.1) is 11.3 Å². The molecule has 0 spiro atoms. The van der Waals surface area contributed by atoms with Crippen LogP contribution >= 0.6 is 0 Å². The second-order valence-corrected chi connectivity index (χ2v) is 2.42. The van der Waals surface area contributed by atoms with Crippen LogP contribution in [0.5, 0.6) is 0 Å². The Kier molecular flexibility index (Phi) is 1.86. The summed E-state index contributed by atoms with van der Waals surface area (Å²) in [5.41, 5.74) is 4.84. The highest BCUT2D eigenvalue weighted by molar-refractivity contribution is 5.94. The molecule has 1 aromatic heterocycles. The van der Waals surface area contributed by atoms with Gasteiger partial charge in [-0.05, 0) is 19.1 Å². The molecule has 1 heterocycles. The van der Waals surface area contributed by atoms with Crippen LogP contribution in [-0.2, 0) is 0 Å². The minimum absolute atomic E-state index is 0.00287. The van der Waals surface area contributed by atoms with Gasteiger partial charge >= 0.3 is 0 Å². The van der Waals surface area contributed by atoms with E-state index in [-0.39, 0.29) is 11.4 Å². The number of hydrogen-bond donors (Lipinski definition) is 3. The van der Waals surface area contributed by atoms with Gasteiger partial charge in [0, 0.05) is 0 Å². The van der Waals surface area contributed by atoms with Crippen LogP contribution in [0, 0.1) is 12.3 Å². The highest BCUT2D eigenvalue weighted by atomic mass is 16.5. The molecule has 0 aliphatic carbocycles. The molecule has 0 unspecified atom stereocenters. The van der Waals surface area contributed by atoms with Crippen LogP contribution in [0.25, 0.3) is 0 Å². The Hall–Kier alpha value is -1.78. The Morgan fingerprint density at radius 1 is 1.67 bits per heavy atom. The summed E-state index contributed by atoms with van der Waals surface area (Å²) in [7, 11) is 0. The third kappa shape index (κ3) is 1.16. The highest BCUT2D eigenvalue weighted by Crippen LogP contribution is 1.94. The summed E-state index contributed by atoms with van der Waals surface area (Å²) < 4.78 is 0.469. The maximum Gasteiger partial charge on any atom is 0.294 e. The molecule has 12 heavy (non-hydrogen) atoms. The van der Waals surface area contributed by atoms with Gasteiger partial charge in [-0.1, -0.05) is 0 Å². The molecule has 0 radical (unpaired) electrons. The van der Waals surface area contributed by atoms with E-state index in [1.807, 2.05) is 0 Å². The van der Waals surface area contributed by atoms with Crippen molar-refractivity contribution in [2.75, 3.05) is 0 Å². The van der Waals surface area contributed by atoms with Gasteiger partial charge in [0.2, 0.25) is 0 Å². The van der Waals surface area contributed by atoms with Crippen LogP contribution in [-0.4, -0.2) is 15.8 Å². The van der Waals surface area contributed by atoms with E-state index in [0.29, 0.717) is 10.4 Å². The Morgan fingerprint density at radius 2 is 2.25 bits per heavy atom. The zero-order valence-electron chi connectivity index (χ0n) is 6.53. The second-order valence-electron chi connectivity index (χ2n) is 2.42. The number of aromatic nitrogens is 1. The predicted octanol–water partition coefficient (Wildman–Crippen LogP) is -0.322. The minimum Gasteiger partial charge on any atom is -0.425 e. The Labute approximate surface area is 68.5 Å². The summed E-state index contributed by atoms with van der Waals surface area (Å²) in [6.45, 7) is 1.57. The molecule has 5 nitrogen and oxygen atoms in total. The van der Waals surface area contributed by atoms with E-state index < -0.39 is 5.56 Å². The monoisotopic (exact) mass is 167 g/mol. The highest BCUT2D eigenvalue weighted by Gasteiger charge is 2.06. The lowest BCUT2D eigenvalue weighted by molar-refractivity contribution is 0.168. The van der Waals surface area contributed by atoms with Gasteiger partial charge in [-0.15, -0.1) is 0 Å². The van der Waals surface area contributed by atoms with Crippen molar-refractivity contribution in [3.8, 4) is 0 Å². The predicted molar refractivity (Wildman–Crippen MR) is 43.6 cm³/mol. The van der Waals surface area contributed by atoms with E-state index in [9.17, 15) is 4.79 Å². The first-order valence-electron chi connectivity index (χ1n) is 3.30. The SMILES string of the molecule is Cc1ccc(C(=N)N)c(=O)n1O. The van der Waals surface area contributed by atoms with Crippen LogP contribution in [0.3, 0.4) is 0 Å². The second kappa shape index (κ2) is 2.69. The number of amidine groups is 1. The van der Waals surface area contributed by atoms with E-state index in [0.717, 1.165) is 0 Å². The molecule has 0 saturated heterocycles. The lowest BCUT2D eigenvalue weighted by atomic mass is 10.2. The average Bonchev–Trinajstić information content (AvgIpc) is 2.00. The molecule has 0 amide bonds. The number of aryl methyl sites for hydroxylation is 1. The quantitative estimate of drug-likeness (QED) is 0.304. The topological polar surface area (TPSA) is 92.1 Å². The summed E-state index contributed by atoms with van der Waals surface area (Å²) in [4.78, 5) is 11.1. The zero-order chi connectivity index (χ0) is 9.30. The third-order valence-corrected chi connectivity index (χ3v) is 1.54. The molecule has 1 aromatic rings. The summed E-state index contributed by atoms with van der Waals surface area (Å²) in [6, 6.07) is 2.92. The first kappa shape index (κ1) is 8.32. The van der Waals surface area contributed by atoms with Gasteiger partial charge in [0.25, 0.3) is 5.56 Å². The Bertz CT molecular complexity index is 381. The molecular formula is C7H9N3O2. The van der Waals surface area contributed by atoms with Crippen LogP contribution in [0.1, 0.15) is 11.3 Å². The lowest BCUT2D eigenvalue weighted by Crippen LogP contribution is -2.29. The van der Waals surface area contributed by atoms with Crippen LogP contribution in [0.15, 0.2) is 16.9 Å². The Balaban J connectivity index is 3.47. The maximum absolute atomic E-state index is 11.1. The van der Waals surface area contributed by atoms with Crippen molar-refractivity contribution in [3.05, 3.63) is 33.7 Å². The molecule has 0 bridgehead atoms. The normalized spacial score (nSPS) is 9.75. The van der Waals surface area contributed by atoms with Crippen molar-refractivity contribution in [2.45, 2.75) is 6.92 Å². The van der Waals surface area contributed by atoms with Gasteiger partial charge < -0.3 is 10.9 Å². The van der Waals surface area contributed by atoms with E-state index in [2.05, 4.69) is 0 Å². The van der Waals surface area contributed by atoms with Crippen molar-refractivity contribution >= 4 is 5.84 Å². The van der Waals surface area contributed by atoms with E-state index in [1.165, 1.54) is 12.1 Å². The number of rotatable bonds is 1. The lowest BCUT2D eigenvalue weighted by Gasteiger charge is -2.02. The number of nitrogen functional groups attached to an aromatic ring is 1. The largest absolute Gasteiger partial charge is 0.425 e. The molecule has 0 aromatic carbocycles. The molecular weight excluding hydrogens is 158 g/mol. The van der Waals surface area contributed by atoms with Crippen molar-refractivity contribution < 1.29 is 5.21 Å². The van der Waals surface area contributed by atoms with E-state index in [4.69, 9.17) is 16.4 Å². The smallest absolute Gasteiger partial charge is 0.294 e. The summed E-state index contributed by atoms with van der Waals surface area (Å²) in [5, 5.41) is 16.1. The number of nitrogens with two attached hydrogens (primary N) is 1. The fourth-order valence-electron chi connectivity index (χ4n) is 0.825. The number of nitrogens with one attached hydrogen (secondary N) is 1. The zero-order valence-corrected chi connectivity index (χ0v) is 6.53. The minimum atomic E-state index is -0.664. The van der Waals surface area contributed by atoms with Crippen molar-refractivity contribution in [1.82, 2.24) is 4.73 Å². The molecule has 5 heteroatoms. The van der Waals surface area contributed by atoms with Gasteiger partial charge in [-0.25, -0.2) is 0 Å². The average molecular weight is 167 g/mol. The van der Waals surface area contributed by atoms with Gasteiger partial charge in [0.15, 0.2) is 0 Å². The third-order valence-electron chi connectivity index (χ3n) is 1.54. The van der Waals surface area contributed by atoms with Crippen molar-refractivity contribution in [3.63, 3.8) is 0 Å².